The molecule has 8 heteroatoms. The fourth-order valence-electron chi connectivity index (χ4n) is 2.60. The minimum Gasteiger partial charge on any atom is -0.421 e. The fourth-order valence-corrected chi connectivity index (χ4v) is 2.60. The number of hydrogen-bond donors (Lipinski definition) is 2. The van der Waals surface area contributed by atoms with Gasteiger partial charge in [-0.2, -0.15) is 10.5 Å². The van der Waals surface area contributed by atoms with Crippen LogP contribution in [0.25, 0.3) is 22.6 Å². The summed E-state index contributed by atoms with van der Waals surface area (Å²) in [5, 5.41) is 26.6. The number of nitrogens with zero attached hydrogens (tertiary/aromatic N) is 4. The number of nitrogens with one attached hydrogen (secondary N) is 1. The molecule has 0 aliphatic rings. The molecule has 0 spiro atoms. The molecule has 128 valence electrons. The molecule has 0 radical (unpaired) electrons. The van der Waals surface area contributed by atoms with E-state index in [4.69, 9.17) is 10.2 Å². The highest BCUT2D eigenvalue weighted by Crippen LogP contribution is 2.29. The third-order valence-corrected chi connectivity index (χ3v) is 3.82. The molecule has 0 saturated heterocycles. The number of pyridine rings is 1. The number of nitrogen functional groups attached to an aromatic ring is 1. The van der Waals surface area contributed by atoms with E-state index in [9.17, 15) is 15.3 Å². The number of aromatic nitrogens is 3. The lowest BCUT2D eigenvalue weighted by Gasteiger charge is -2.09. The van der Waals surface area contributed by atoms with Gasteiger partial charge in [0.15, 0.2) is 0 Å². The van der Waals surface area contributed by atoms with Crippen molar-refractivity contribution in [1.82, 2.24) is 15.2 Å². The van der Waals surface area contributed by atoms with Crippen LogP contribution in [0.4, 0.5) is 5.82 Å². The summed E-state index contributed by atoms with van der Waals surface area (Å²) in [5.74, 6) is 0.871. The first-order valence-electron chi connectivity index (χ1n) is 7.88. The second kappa shape index (κ2) is 6.91. The Morgan fingerprint density at radius 1 is 1.12 bits per heavy atom. The molecule has 3 N–H and O–H groups in total. The molecule has 3 aromatic rings. The third kappa shape index (κ3) is 2.92. The van der Waals surface area contributed by atoms with E-state index >= 15 is 0 Å². The van der Waals surface area contributed by atoms with Crippen LogP contribution < -0.4 is 11.3 Å². The lowest BCUT2D eigenvalue weighted by Crippen LogP contribution is -2.16. The molecule has 0 atom stereocenters. The first kappa shape index (κ1) is 16.9. The van der Waals surface area contributed by atoms with Crippen molar-refractivity contribution >= 4 is 5.82 Å². The van der Waals surface area contributed by atoms with Gasteiger partial charge in [-0.3, -0.25) is 4.79 Å². The Hall–Kier alpha value is -3.91. The smallest absolute Gasteiger partial charge is 0.268 e. The Labute approximate surface area is 148 Å². The molecule has 0 aliphatic carbocycles. The Morgan fingerprint density at radius 2 is 1.77 bits per heavy atom. The Morgan fingerprint density at radius 3 is 2.38 bits per heavy atom. The SMILES string of the molecule is CCCc1nnc(-c2ccc(-c3c(C#N)c(N)[nH]c(=O)c3C#N)cc2)o1. The van der Waals surface area contributed by atoms with Gasteiger partial charge in [-0.25, -0.2) is 0 Å². The molecule has 0 unspecified atom stereocenters. The Balaban J connectivity index is 2.08. The highest BCUT2D eigenvalue weighted by Gasteiger charge is 2.18. The van der Waals surface area contributed by atoms with Crippen LogP contribution in [0.5, 0.6) is 0 Å². The Kier molecular flexibility index (Phi) is 4.50. The molecule has 1 aromatic carbocycles. The van der Waals surface area contributed by atoms with Crippen LogP contribution >= 0.6 is 0 Å². The molecule has 3 rings (SSSR count). The summed E-state index contributed by atoms with van der Waals surface area (Å²) < 4.78 is 5.58. The summed E-state index contributed by atoms with van der Waals surface area (Å²) >= 11 is 0. The van der Waals surface area contributed by atoms with E-state index in [0.717, 1.165) is 6.42 Å². The van der Waals surface area contributed by atoms with Gasteiger partial charge >= 0.3 is 0 Å². The van der Waals surface area contributed by atoms with Gasteiger partial charge in [-0.05, 0) is 24.1 Å². The summed E-state index contributed by atoms with van der Waals surface area (Å²) in [6, 6.07) is 10.6. The first-order valence-corrected chi connectivity index (χ1v) is 7.88. The topological polar surface area (TPSA) is 145 Å². The van der Waals surface area contributed by atoms with Crippen molar-refractivity contribution < 1.29 is 4.42 Å². The fraction of sp³-hybridized carbons (Fsp3) is 0.167. The zero-order valence-corrected chi connectivity index (χ0v) is 13.9. The number of aryl methyl sites for hydroxylation is 1. The van der Waals surface area contributed by atoms with Gasteiger partial charge in [0.1, 0.15) is 29.1 Å². The first-order chi connectivity index (χ1) is 12.6. The highest BCUT2D eigenvalue weighted by atomic mass is 16.4. The van der Waals surface area contributed by atoms with E-state index in [1.165, 1.54) is 0 Å². The summed E-state index contributed by atoms with van der Waals surface area (Å²) in [7, 11) is 0. The predicted octanol–water partition coefficient (Wildman–Crippen LogP) is 2.37. The van der Waals surface area contributed by atoms with Crippen molar-refractivity contribution in [3.05, 3.63) is 51.6 Å². The van der Waals surface area contributed by atoms with E-state index in [-0.39, 0.29) is 22.5 Å². The van der Waals surface area contributed by atoms with Crippen LogP contribution in [-0.2, 0) is 6.42 Å². The standard InChI is InChI=1S/C18H14N6O2/c1-2-3-14-23-24-18(26-14)11-6-4-10(5-7-11)15-12(8-19)16(21)22-17(25)13(15)9-20/h4-7H,2-3H2,1H3,(H3,21,22,25). The maximum absolute atomic E-state index is 12.0. The Bertz CT molecular complexity index is 1100. The number of nitrogens with two attached hydrogens (primary N) is 1. The lowest BCUT2D eigenvalue weighted by atomic mass is 9.96. The van der Waals surface area contributed by atoms with Gasteiger partial charge in [0.05, 0.1) is 0 Å². The number of anilines is 1. The maximum atomic E-state index is 12.0. The molecular weight excluding hydrogens is 332 g/mol. The van der Waals surface area contributed by atoms with Gasteiger partial charge in [-0.1, -0.05) is 19.1 Å². The minimum absolute atomic E-state index is 0.0527. The summed E-state index contributed by atoms with van der Waals surface area (Å²) in [6.07, 6.45) is 1.60. The van der Waals surface area contributed by atoms with Gasteiger partial charge in [0.2, 0.25) is 11.8 Å². The average Bonchev–Trinajstić information content (AvgIpc) is 3.10. The predicted molar refractivity (Wildman–Crippen MR) is 93.6 cm³/mol. The quantitative estimate of drug-likeness (QED) is 0.737. The molecule has 8 nitrogen and oxygen atoms in total. The molecule has 0 aliphatic heterocycles. The zero-order valence-electron chi connectivity index (χ0n) is 13.9. The molecule has 0 bridgehead atoms. The highest BCUT2D eigenvalue weighted by molar-refractivity contribution is 5.80. The van der Waals surface area contributed by atoms with Crippen LogP contribution in [-0.4, -0.2) is 15.2 Å². The molecule has 2 aromatic heterocycles. The zero-order chi connectivity index (χ0) is 18.7. The summed E-state index contributed by atoms with van der Waals surface area (Å²) in [5.41, 5.74) is 6.40. The van der Waals surface area contributed by atoms with Crippen molar-refractivity contribution in [2.45, 2.75) is 19.8 Å². The number of H-pyrrole nitrogens is 1. The van der Waals surface area contributed by atoms with Crippen LogP contribution in [0.15, 0.2) is 33.5 Å². The second-order valence-electron chi connectivity index (χ2n) is 5.54. The summed E-state index contributed by atoms with van der Waals surface area (Å²) in [4.78, 5) is 14.3. The van der Waals surface area contributed by atoms with Gasteiger partial charge in [0, 0.05) is 17.5 Å². The minimum atomic E-state index is -0.635. The normalized spacial score (nSPS) is 10.3. The molecular formula is C18H14N6O2. The summed E-state index contributed by atoms with van der Waals surface area (Å²) in [6.45, 7) is 2.02. The largest absolute Gasteiger partial charge is 0.421 e. The van der Waals surface area contributed by atoms with Crippen molar-refractivity contribution in [3.63, 3.8) is 0 Å². The van der Waals surface area contributed by atoms with Gasteiger partial charge in [0.25, 0.3) is 5.56 Å². The van der Waals surface area contributed by atoms with Crippen molar-refractivity contribution in [3.8, 4) is 34.7 Å². The van der Waals surface area contributed by atoms with Crippen LogP contribution in [0.3, 0.4) is 0 Å². The van der Waals surface area contributed by atoms with E-state index in [1.807, 2.05) is 19.1 Å². The van der Waals surface area contributed by atoms with Crippen LogP contribution in [0.1, 0.15) is 30.4 Å². The molecule has 0 fully saturated rings. The van der Waals surface area contributed by atoms with E-state index < -0.39 is 5.56 Å². The van der Waals surface area contributed by atoms with Crippen molar-refractivity contribution in [2.24, 2.45) is 0 Å². The van der Waals surface area contributed by atoms with Crippen molar-refractivity contribution in [1.29, 1.82) is 10.5 Å². The molecule has 0 amide bonds. The van der Waals surface area contributed by atoms with Gasteiger partial charge < -0.3 is 15.1 Å². The maximum Gasteiger partial charge on any atom is 0.268 e. The van der Waals surface area contributed by atoms with Crippen molar-refractivity contribution in [2.75, 3.05) is 5.73 Å². The lowest BCUT2D eigenvalue weighted by molar-refractivity contribution is 0.502. The molecule has 0 saturated carbocycles. The number of aromatic amines is 1. The molecule has 26 heavy (non-hydrogen) atoms. The van der Waals surface area contributed by atoms with E-state index in [2.05, 4.69) is 15.2 Å². The second-order valence-corrected chi connectivity index (χ2v) is 5.54. The monoisotopic (exact) mass is 346 g/mol. The van der Waals surface area contributed by atoms with Crippen LogP contribution in [0, 0.1) is 22.7 Å². The van der Waals surface area contributed by atoms with Gasteiger partial charge in [-0.15, -0.1) is 10.2 Å². The number of rotatable bonds is 4. The molecule has 2 heterocycles. The van der Waals surface area contributed by atoms with E-state index in [0.29, 0.717) is 29.3 Å². The number of hydrogen-bond acceptors (Lipinski definition) is 7. The van der Waals surface area contributed by atoms with Crippen LogP contribution in [0.2, 0.25) is 0 Å². The average molecular weight is 346 g/mol. The third-order valence-electron chi connectivity index (χ3n) is 3.82. The number of nitriles is 2. The van der Waals surface area contributed by atoms with E-state index in [1.54, 1.807) is 24.3 Å². The number of benzene rings is 1.